The zero-order valence-electron chi connectivity index (χ0n) is 32.0. The van der Waals surface area contributed by atoms with E-state index in [0.29, 0.717) is 12.0 Å². The lowest BCUT2D eigenvalue weighted by Gasteiger charge is -2.33. The summed E-state index contributed by atoms with van der Waals surface area (Å²) in [5.41, 5.74) is 0.0456. The molecule has 1 unspecified atom stereocenters. The van der Waals surface area contributed by atoms with Gasteiger partial charge in [-0.3, -0.25) is 33.8 Å². The third kappa shape index (κ3) is 13.0. The number of amides is 5. The van der Waals surface area contributed by atoms with Gasteiger partial charge in [0.15, 0.2) is 0 Å². The number of aliphatic carboxylic acids is 1. The van der Waals surface area contributed by atoms with E-state index in [0.717, 1.165) is 19.3 Å². The number of carboxylic acid groups (broad SMARTS) is 1. The van der Waals surface area contributed by atoms with Gasteiger partial charge in [0.25, 0.3) is 11.8 Å². The Bertz CT molecular complexity index is 1610. The van der Waals surface area contributed by atoms with Crippen molar-refractivity contribution < 1.29 is 38.7 Å². The van der Waals surface area contributed by atoms with E-state index in [2.05, 4.69) is 36.6 Å². The first-order valence-electron chi connectivity index (χ1n) is 18.6. The fourth-order valence-corrected chi connectivity index (χ4v) is 6.55. The van der Waals surface area contributed by atoms with Crippen molar-refractivity contribution in [3.63, 3.8) is 0 Å². The maximum absolute atomic E-state index is 13.6. The average Bonchev–Trinajstić information content (AvgIpc) is 3.57. The molecule has 0 aliphatic heterocycles. The molecular formula is C39H55N7O8. The van der Waals surface area contributed by atoms with Crippen LogP contribution >= 0.6 is 0 Å². The number of nitrogens with one attached hydrogen (secondary N) is 5. The van der Waals surface area contributed by atoms with Gasteiger partial charge in [-0.25, -0.2) is 9.78 Å². The maximum atomic E-state index is 13.6. The molecule has 3 rings (SSSR count). The van der Waals surface area contributed by atoms with Crippen molar-refractivity contribution in [1.29, 1.82) is 0 Å². The van der Waals surface area contributed by atoms with Crippen LogP contribution in [0.5, 0.6) is 0 Å². The smallest absolute Gasteiger partial charge is 0.326 e. The zero-order valence-corrected chi connectivity index (χ0v) is 32.0. The molecule has 1 saturated carbocycles. The van der Waals surface area contributed by atoms with Gasteiger partial charge in [0.1, 0.15) is 23.8 Å². The van der Waals surface area contributed by atoms with E-state index in [1.54, 1.807) is 44.2 Å². The molecule has 0 radical (unpaired) electrons. The summed E-state index contributed by atoms with van der Waals surface area (Å²) in [5.74, 6) is -5.64. The number of carbonyl (C=O) groups is 7. The van der Waals surface area contributed by atoms with Crippen molar-refractivity contribution in [3.05, 3.63) is 60.2 Å². The molecule has 6 N–H and O–H groups in total. The van der Waals surface area contributed by atoms with Crippen molar-refractivity contribution in [2.24, 2.45) is 23.2 Å². The summed E-state index contributed by atoms with van der Waals surface area (Å²) < 4.78 is 0. The second-order valence-electron chi connectivity index (χ2n) is 15.3. The quantitative estimate of drug-likeness (QED) is 0.115. The highest BCUT2D eigenvalue weighted by atomic mass is 16.4. The Morgan fingerprint density at radius 1 is 0.870 bits per heavy atom. The Labute approximate surface area is 316 Å². The summed E-state index contributed by atoms with van der Waals surface area (Å²) in [5, 5.41) is 23.2. The standard InChI is InChI=1S/C39H55N7O8/c1-7-12-27(32(48)36(51)44-28(38(53)54)19-24-13-9-8-10-14-24)43-30(47)20-25-15-11-16-26(25)21-42-37(52)33(39(4,5)6)46-35(50)31(23(2)3)45-34(49)29-22-40-17-18-41-29/h8-10,13-14,17-18,22-23,25-28,31,33H,7,11-12,15-16,19-21H2,1-6H3,(H,42,52)(H,43,47)(H,44,51)(H,45,49)(H,46,50)(H,53,54)/t25-,26+,27?,28+,31-,33-/m1/s1. The molecular weight excluding hydrogens is 694 g/mol. The van der Waals surface area contributed by atoms with Gasteiger partial charge in [0.05, 0.1) is 12.2 Å². The van der Waals surface area contributed by atoms with Gasteiger partial charge in [-0.1, -0.05) is 84.7 Å². The monoisotopic (exact) mass is 749 g/mol. The van der Waals surface area contributed by atoms with Crippen LogP contribution in [0.1, 0.15) is 96.1 Å². The molecule has 0 saturated heterocycles. The molecule has 6 atom stereocenters. The first-order valence-corrected chi connectivity index (χ1v) is 18.6. The Hall–Kier alpha value is -5.21. The highest BCUT2D eigenvalue weighted by Crippen LogP contribution is 2.34. The van der Waals surface area contributed by atoms with Crippen LogP contribution in [-0.2, 0) is 35.2 Å². The van der Waals surface area contributed by atoms with Crippen molar-refractivity contribution >= 4 is 41.3 Å². The number of benzene rings is 1. The van der Waals surface area contributed by atoms with Crippen molar-refractivity contribution in [1.82, 2.24) is 36.6 Å². The number of rotatable bonds is 19. The average molecular weight is 750 g/mol. The molecule has 54 heavy (non-hydrogen) atoms. The fraction of sp³-hybridized carbons (Fsp3) is 0.564. The molecule has 2 aromatic rings. The summed E-state index contributed by atoms with van der Waals surface area (Å²) in [4.78, 5) is 98.9. The minimum atomic E-state index is -1.32. The van der Waals surface area contributed by atoms with Gasteiger partial charge in [0, 0.05) is 31.8 Å². The number of carboxylic acids is 1. The summed E-state index contributed by atoms with van der Waals surface area (Å²) in [7, 11) is 0. The van der Waals surface area contributed by atoms with Gasteiger partial charge < -0.3 is 31.7 Å². The lowest BCUT2D eigenvalue weighted by molar-refractivity contribution is -0.145. The largest absolute Gasteiger partial charge is 0.480 e. The second kappa shape index (κ2) is 20.3. The van der Waals surface area contributed by atoms with E-state index in [4.69, 9.17) is 0 Å². The van der Waals surface area contributed by atoms with E-state index in [9.17, 15) is 38.7 Å². The van der Waals surface area contributed by atoms with Gasteiger partial charge in [-0.15, -0.1) is 0 Å². The Morgan fingerprint density at radius 2 is 1.56 bits per heavy atom. The SMILES string of the molecule is CCCC(NC(=O)C[C@H]1CCC[C@H]1CNC(=O)[C@@H](NC(=O)[C@H](NC(=O)c1cnccn1)C(C)C)C(C)(C)C)C(=O)C(=O)N[C@@H](Cc1ccccc1)C(=O)O. The molecule has 1 aliphatic rings. The number of Topliss-reactive ketones (excluding diaryl/α,β-unsaturated/α-hetero) is 1. The number of hydrogen-bond acceptors (Lipinski definition) is 9. The number of carbonyl (C=O) groups excluding carboxylic acids is 6. The first-order chi connectivity index (χ1) is 25.5. The molecule has 0 spiro atoms. The van der Waals surface area contributed by atoms with Crippen LogP contribution < -0.4 is 26.6 Å². The van der Waals surface area contributed by atoms with E-state index >= 15 is 0 Å². The molecule has 1 aromatic heterocycles. The molecule has 1 aliphatic carbocycles. The number of ketones is 1. The van der Waals surface area contributed by atoms with E-state index in [1.165, 1.54) is 18.6 Å². The topological polar surface area (TPSA) is 226 Å². The van der Waals surface area contributed by atoms with E-state index in [-0.39, 0.29) is 49.3 Å². The van der Waals surface area contributed by atoms with Gasteiger partial charge in [0.2, 0.25) is 23.5 Å². The molecule has 1 heterocycles. The van der Waals surface area contributed by atoms with Gasteiger partial charge in [-0.05, 0) is 48.0 Å². The lowest BCUT2D eigenvalue weighted by Crippen LogP contribution is -2.59. The maximum Gasteiger partial charge on any atom is 0.326 e. The zero-order chi connectivity index (χ0) is 40.0. The normalized spacial score (nSPS) is 17.7. The molecule has 15 nitrogen and oxygen atoms in total. The first kappa shape index (κ1) is 43.2. The molecule has 1 fully saturated rings. The highest BCUT2D eigenvalue weighted by molar-refractivity contribution is 6.38. The minimum Gasteiger partial charge on any atom is -0.480 e. The van der Waals surface area contributed by atoms with E-state index < -0.39 is 70.9 Å². The van der Waals surface area contributed by atoms with Crippen LogP contribution in [0.15, 0.2) is 48.9 Å². The van der Waals surface area contributed by atoms with Crippen LogP contribution in [0.2, 0.25) is 0 Å². The fourth-order valence-electron chi connectivity index (χ4n) is 6.55. The number of nitrogens with zero attached hydrogens (tertiary/aromatic N) is 2. The summed E-state index contributed by atoms with van der Waals surface area (Å²) >= 11 is 0. The predicted octanol–water partition coefficient (Wildman–Crippen LogP) is 2.35. The van der Waals surface area contributed by atoms with Crippen LogP contribution in [0.25, 0.3) is 0 Å². The van der Waals surface area contributed by atoms with Crippen LogP contribution in [0.3, 0.4) is 0 Å². The summed E-state index contributed by atoms with van der Waals surface area (Å²) in [6, 6.07) is 4.39. The molecule has 0 bridgehead atoms. The Morgan fingerprint density at radius 3 is 2.15 bits per heavy atom. The van der Waals surface area contributed by atoms with E-state index in [1.807, 2.05) is 27.7 Å². The third-order valence-electron chi connectivity index (χ3n) is 9.59. The van der Waals surface area contributed by atoms with Crippen molar-refractivity contribution in [2.75, 3.05) is 6.54 Å². The molecule has 1 aromatic carbocycles. The molecule has 294 valence electrons. The Balaban J connectivity index is 1.58. The Kier molecular flexibility index (Phi) is 16.2. The predicted molar refractivity (Wildman–Crippen MR) is 200 cm³/mol. The highest BCUT2D eigenvalue weighted by Gasteiger charge is 2.38. The van der Waals surface area contributed by atoms with Gasteiger partial charge >= 0.3 is 5.97 Å². The van der Waals surface area contributed by atoms with Crippen LogP contribution in [0.4, 0.5) is 0 Å². The number of hydrogen-bond donors (Lipinski definition) is 6. The summed E-state index contributed by atoms with van der Waals surface area (Å²) in [6.45, 7) is 11.1. The molecule has 5 amide bonds. The van der Waals surface area contributed by atoms with Crippen molar-refractivity contribution in [2.45, 2.75) is 111 Å². The lowest BCUT2D eigenvalue weighted by atomic mass is 9.85. The summed E-state index contributed by atoms with van der Waals surface area (Å²) in [6.07, 6.45) is 7.16. The minimum absolute atomic E-state index is 0.01000. The van der Waals surface area contributed by atoms with Gasteiger partial charge in [-0.2, -0.15) is 0 Å². The van der Waals surface area contributed by atoms with Crippen molar-refractivity contribution in [3.8, 4) is 0 Å². The molecule has 15 heteroatoms. The van der Waals surface area contributed by atoms with Crippen LogP contribution in [-0.4, -0.2) is 87.1 Å². The second-order valence-corrected chi connectivity index (χ2v) is 15.3. The third-order valence-corrected chi connectivity index (χ3v) is 9.59. The van der Waals surface area contributed by atoms with Crippen LogP contribution in [0, 0.1) is 23.2 Å². The number of aromatic nitrogens is 2.